The second-order valence-electron chi connectivity index (χ2n) is 6.61. The Morgan fingerprint density at radius 2 is 1.80 bits per heavy atom. The first-order valence-corrected chi connectivity index (χ1v) is 7.89. The Kier molecular flexibility index (Phi) is 3.08. The molecule has 0 radical (unpaired) electrons. The van der Waals surface area contributed by atoms with Gasteiger partial charge in [0, 0.05) is 5.56 Å². The molecule has 4 aromatic rings. The number of nitrogens with zero attached hydrogens (tertiary/aromatic N) is 2. The number of hydrogen-bond donors (Lipinski definition) is 5. The van der Waals surface area contributed by atoms with Gasteiger partial charge in [-0.05, 0) is 44.2 Å². The molecule has 4 rings (SSSR count). The lowest BCUT2D eigenvalue weighted by atomic mass is 9.92. The average Bonchev–Trinajstić information content (AvgIpc) is 3.19. The minimum Gasteiger partial charge on any atom is -0.506 e. The number of phenolic OH excluding ortho intramolecular Hbond substituents is 1. The second-order valence-corrected chi connectivity index (χ2v) is 6.61. The molecule has 6 N–H and O–H groups in total. The lowest BCUT2D eigenvalue weighted by molar-refractivity contribution is 0.480. The van der Waals surface area contributed by atoms with Gasteiger partial charge in [-0.3, -0.25) is 5.41 Å². The lowest BCUT2D eigenvalue weighted by Crippen LogP contribution is -2.22. The fraction of sp³-hybridized carbons (Fsp3) is 0.167. The summed E-state index contributed by atoms with van der Waals surface area (Å²) < 4.78 is 0. The molecule has 0 spiro atoms. The highest BCUT2D eigenvalue weighted by Crippen LogP contribution is 2.32. The summed E-state index contributed by atoms with van der Waals surface area (Å²) in [4.78, 5) is 15.8. The van der Waals surface area contributed by atoms with Gasteiger partial charge in [-0.1, -0.05) is 6.07 Å². The summed E-state index contributed by atoms with van der Waals surface area (Å²) in [5.74, 6) is 1.60. The molecule has 7 heteroatoms. The molecule has 2 aromatic carbocycles. The molecule has 0 aliphatic carbocycles. The van der Waals surface area contributed by atoms with Crippen LogP contribution in [-0.4, -0.2) is 30.9 Å². The molecule has 0 fully saturated rings. The number of aromatic amines is 2. The Hall–Kier alpha value is -3.35. The van der Waals surface area contributed by atoms with E-state index in [4.69, 9.17) is 11.1 Å². The third-order valence-electron chi connectivity index (χ3n) is 4.47. The molecule has 0 aliphatic rings. The molecule has 0 aliphatic heterocycles. The summed E-state index contributed by atoms with van der Waals surface area (Å²) >= 11 is 0. The fourth-order valence-electron chi connectivity index (χ4n) is 2.90. The van der Waals surface area contributed by atoms with E-state index in [-0.39, 0.29) is 11.6 Å². The number of para-hydroxylation sites is 1. The van der Waals surface area contributed by atoms with Crippen LogP contribution in [0.5, 0.6) is 5.75 Å². The van der Waals surface area contributed by atoms with Crippen molar-refractivity contribution in [1.29, 1.82) is 5.41 Å². The molecule has 0 amide bonds. The first-order valence-electron chi connectivity index (χ1n) is 7.89. The van der Waals surface area contributed by atoms with E-state index in [1.54, 1.807) is 18.2 Å². The van der Waals surface area contributed by atoms with Crippen LogP contribution in [0.25, 0.3) is 22.1 Å². The van der Waals surface area contributed by atoms with E-state index < -0.39 is 5.41 Å². The summed E-state index contributed by atoms with van der Waals surface area (Å²) in [6.45, 7) is 4.01. The van der Waals surface area contributed by atoms with Crippen molar-refractivity contribution < 1.29 is 5.11 Å². The maximum atomic E-state index is 9.98. The van der Waals surface area contributed by atoms with E-state index >= 15 is 0 Å². The highest BCUT2D eigenvalue weighted by atomic mass is 16.3. The third-order valence-corrected chi connectivity index (χ3v) is 4.47. The Morgan fingerprint density at radius 1 is 1.08 bits per heavy atom. The topological polar surface area (TPSA) is 127 Å². The van der Waals surface area contributed by atoms with Crippen molar-refractivity contribution >= 4 is 27.9 Å². The molecule has 0 atom stereocenters. The van der Waals surface area contributed by atoms with Crippen LogP contribution < -0.4 is 5.73 Å². The molecule has 7 nitrogen and oxygen atoms in total. The lowest BCUT2D eigenvalue weighted by Gasteiger charge is -2.19. The van der Waals surface area contributed by atoms with Crippen LogP contribution >= 0.6 is 0 Å². The smallest absolute Gasteiger partial charge is 0.143 e. The number of H-pyrrole nitrogens is 2. The largest absolute Gasteiger partial charge is 0.506 e. The number of aromatic nitrogens is 4. The van der Waals surface area contributed by atoms with Crippen LogP contribution in [0.15, 0.2) is 36.4 Å². The van der Waals surface area contributed by atoms with Crippen molar-refractivity contribution in [2.24, 2.45) is 5.73 Å². The number of amidine groups is 1. The van der Waals surface area contributed by atoms with Gasteiger partial charge < -0.3 is 20.8 Å². The Labute approximate surface area is 143 Å². The molecule has 0 saturated heterocycles. The summed E-state index contributed by atoms with van der Waals surface area (Å²) in [6.07, 6.45) is 0. The molecule has 25 heavy (non-hydrogen) atoms. The molecule has 0 saturated carbocycles. The summed E-state index contributed by atoms with van der Waals surface area (Å²) in [5, 5.41) is 17.5. The van der Waals surface area contributed by atoms with E-state index in [1.165, 1.54) is 0 Å². The highest BCUT2D eigenvalue weighted by molar-refractivity contribution is 5.98. The normalized spacial score (nSPS) is 12.1. The summed E-state index contributed by atoms with van der Waals surface area (Å²) in [7, 11) is 0. The number of phenols is 1. The van der Waals surface area contributed by atoms with E-state index in [0.717, 1.165) is 22.4 Å². The Bertz CT molecular complexity index is 1120. The van der Waals surface area contributed by atoms with Gasteiger partial charge in [-0.25, -0.2) is 9.97 Å². The number of nitrogen functional groups attached to an aromatic ring is 1. The predicted molar refractivity (Wildman–Crippen MR) is 97.0 cm³/mol. The van der Waals surface area contributed by atoms with E-state index in [1.807, 2.05) is 32.0 Å². The van der Waals surface area contributed by atoms with Gasteiger partial charge in [0.15, 0.2) is 0 Å². The fourth-order valence-corrected chi connectivity index (χ4v) is 2.90. The van der Waals surface area contributed by atoms with Crippen LogP contribution in [0.3, 0.4) is 0 Å². The molecular weight excluding hydrogens is 316 g/mol. The zero-order chi connectivity index (χ0) is 17.8. The van der Waals surface area contributed by atoms with Crippen molar-refractivity contribution in [2.45, 2.75) is 19.3 Å². The third kappa shape index (κ3) is 2.32. The summed E-state index contributed by atoms with van der Waals surface area (Å²) in [5.41, 5.74) is 8.61. The molecular formula is C18H18N6O. The average molecular weight is 334 g/mol. The van der Waals surface area contributed by atoms with Crippen molar-refractivity contribution in [3.8, 4) is 5.75 Å². The van der Waals surface area contributed by atoms with Crippen LogP contribution in [0, 0.1) is 5.41 Å². The number of fused-ring (bicyclic) bond motifs is 2. The minimum atomic E-state index is -0.527. The second kappa shape index (κ2) is 5.07. The van der Waals surface area contributed by atoms with Crippen LogP contribution in [-0.2, 0) is 5.41 Å². The van der Waals surface area contributed by atoms with Crippen molar-refractivity contribution in [2.75, 3.05) is 0 Å². The predicted octanol–water partition coefficient (Wildman–Crippen LogP) is 2.75. The van der Waals surface area contributed by atoms with E-state index in [9.17, 15) is 5.11 Å². The Morgan fingerprint density at radius 3 is 2.52 bits per heavy atom. The van der Waals surface area contributed by atoms with Crippen LogP contribution in [0.2, 0.25) is 0 Å². The number of hydrogen-bond acceptors (Lipinski definition) is 4. The van der Waals surface area contributed by atoms with Gasteiger partial charge >= 0.3 is 0 Å². The number of nitrogens with one attached hydrogen (secondary N) is 3. The van der Waals surface area contributed by atoms with Crippen molar-refractivity contribution in [1.82, 2.24) is 19.9 Å². The van der Waals surface area contributed by atoms with Gasteiger partial charge in [0.25, 0.3) is 0 Å². The van der Waals surface area contributed by atoms with Crippen molar-refractivity contribution in [3.05, 3.63) is 53.6 Å². The zero-order valence-electron chi connectivity index (χ0n) is 13.9. The van der Waals surface area contributed by atoms with Gasteiger partial charge in [-0.2, -0.15) is 0 Å². The quantitative estimate of drug-likeness (QED) is 0.291. The number of aromatic hydroxyl groups is 1. The van der Waals surface area contributed by atoms with Gasteiger partial charge in [0.1, 0.15) is 28.8 Å². The minimum absolute atomic E-state index is 0.0186. The first kappa shape index (κ1) is 15.2. The van der Waals surface area contributed by atoms with Crippen molar-refractivity contribution in [3.63, 3.8) is 0 Å². The molecule has 0 unspecified atom stereocenters. The monoisotopic (exact) mass is 334 g/mol. The van der Waals surface area contributed by atoms with Crippen LogP contribution in [0.4, 0.5) is 0 Å². The highest BCUT2D eigenvalue weighted by Gasteiger charge is 2.30. The zero-order valence-corrected chi connectivity index (χ0v) is 13.9. The van der Waals surface area contributed by atoms with Gasteiger partial charge in [0.2, 0.25) is 0 Å². The number of imidazole rings is 2. The first-order chi connectivity index (χ1) is 11.9. The van der Waals surface area contributed by atoms with Crippen LogP contribution in [0.1, 0.15) is 31.1 Å². The molecule has 0 bridgehead atoms. The molecule has 2 aromatic heterocycles. The van der Waals surface area contributed by atoms with E-state index in [2.05, 4.69) is 19.9 Å². The van der Waals surface area contributed by atoms with Gasteiger partial charge in [-0.15, -0.1) is 0 Å². The maximum absolute atomic E-state index is 9.98. The summed E-state index contributed by atoms with van der Waals surface area (Å²) in [6, 6.07) is 10.7. The number of nitrogens with two attached hydrogens (primary N) is 1. The standard InChI is InChI=1S/C18H18N6O/c1-18(2,17-22-11-4-3-5-13(25)14(11)24-17)16-21-10-7-6-9(15(19)20)8-12(10)23-16/h3-8,25H,1-2H3,(H3,19,20)(H,21,23)(H,22,24). The molecule has 2 heterocycles. The molecule has 126 valence electrons. The number of benzene rings is 2. The van der Waals surface area contributed by atoms with Gasteiger partial charge in [0.05, 0.1) is 22.0 Å². The van der Waals surface area contributed by atoms with E-state index in [0.29, 0.717) is 16.9 Å². The SMILES string of the molecule is CC(C)(c1nc2ccc(C(=N)N)cc2[nH]1)c1nc2c(O)cccc2[nH]1. The maximum Gasteiger partial charge on any atom is 0.143 e. The Balaban J connectivity index is 1.84. The number of rotatable bonds is 3.